The molecule has 25 heavy (non-hydrogen) atoms. The second-order valence-corrected chi connectivity index (χ2v) is 6.88. The van der Waals surface area contributed by atoms with E-state index in [1.54, 1.807) is 0 Å². The lowest BCUT2D eigenvalue weighted by atomic mass is 10.00. The Bertz CT molecular complexity index is 753. The average molecular weight is 336 g/mol. The van der Waals surface area contributed by atoms with Gasteiger partial charge in [-0.25, -0.2) is 0 Å². The first kappa shape index (κ1) is 16.2. The number of rotatable bonds is 4. The molecular weight excluding hydrogens is 312 g/mol. The van der Waals surface area contributed by atoms with E-state index in [4.69, 9.17) is 4.74 Å². The molecule has 1 amide bonds. The Morgan fingerprint density at radius 3 is 2.84 bits per heavy atom. The minimum Gasteiger partial charge on any atom is -0.493 e. The van der Waals surface area contributed by atoms with E-state index in [1.165, 1.54) is 18.4 Å². The highest BCUT2D eigenvalue weighted by Gasteiger charge is 2.23. The van der Waals surface area contributed by atoms with E-state index in [1.807, 2.05) is 42.5 Å². The monoisotopic (exact) mass is 336 g/mol. The summed E-state index contributed by atoms with van der Waals surface area (Å²) in [7, 11) is 0. The van der Waals surface area contributed by atoms with E-state index in [0.29, 0.717) is 6.61 Å². The predicted octanol–water partition coefficient (Wildman–Crippen LogP) is 3.54. The Kier molecular flexibility index (Phi) is 4.70. The summed E-state index contributed by atoms with van der Waals surface area (Å²) in [6, 6.07) is 16.0. The summed E-state index contributed by atoms with van der Waals surface area (Å²) in [5.74, 6) is 0.867. The first-order chi connectivity index (χ1) is 12.3. The molecule has 1 saturated heterocycles. The molecule has 130 valence electrons. The largest absolute Gasteiger partial charge is 0.493 e. The number of hydrogen-bond acceptors (Lipinski definition) is 3. The van der Waals surface area contributed by atoms with Crippen LogP contribution in [0.15, 0.2) is 48.5 Å². The fourth-order valence-electron chi connectivity index (χ4n) is 3.74. The minimum atomic E-state index is -0.00928. The molecule has 4 nitrogen and oxygen atoms in total. The summed E-state index contributed by atoms with van der Waals surface area (Å²) in [4.78, 5) is 15.2. The minimum absolute atomic E-state index is 0.00928. The number of nitrogens with zero attached hydrogens (tertiary/aromatic N) is 1. The molecule has 0 saturated carbocycles. The Morgan fingerprint density at radius 1 is 1.12 bits per heavy atom. The third kappa shape index (κ3) is 3.69. The van der Waals surface area contributed by atoms with Crippen LogP contribution in [-0.2, 0) is 6.54 Å². The molecule has 0 bridgehead atoms. The third-order valence-corrected chi connectivity index (χ3v) is 5.06. The molecule has 2 heterocycles. The van der Waals surface area contributed by atoms with Crippen LogP contribution < -0.4 is 10.1 Å². The molecule has 1 atom stereocenters. The van der Waals surface area contributed by atoms with Crippen molar-refractivity contribution in [1.29, 1.82) is 0 Å². The lowest BCUT2D eigenvalue weighted by Gasteiger charge is -2.26. The number of benzene rings is 2. The maximum absolute atomic E-state index is 12.7. The zero-order chi connectivity index (χ0) is 17.1. The van der Waals surface area contributed by atoms with Gasteiger partial charge in [-0.1, -0.05) is 30.3 Å². The van der Waals surface area contributed by atoms with Crippen LogP contribution in [0.5, 0.6) is 5.75 Å². The Morgan fingerprint density at radius 2 is 1.96 bits per heavy atom. The molecular formula is C21H24N2O2. The van der Waals surface area contributed by atoms with Crippen molar-refractivity contribution >= 4 is 5.91 Å². The smallest absolute Gasteiger partial charge is 0.251 e. The molecule has 2 aliphatic heterocycles. The zero-order valence-corrected chi connectivity index (χ0v) is 14.4. The molecule has 0 aliphatic carbocycles. The predicted molar refractivity (Wildman–Crippen MR) is 97.7 cm³/mol. The summed E-state index contributed by atoms with van der Waals surface area (Å²) in [6.07, 6.45) is 3.36. The summed E-state index contributed by atoms with van der Waals surface area (Å²) >= 11 is 0. The molecule has 0 spiro atoms. The number of carbonyl (C=O) groups excluding carboxylic acids is 1. The SMILES string of the molecule is O=C(N[C@@H]1CCOc2ccccc21)c1cccc(CN2CCCC2)c1. The molecule has 1 N–H and O–H groups in total. The van der Waals surface area contributed by atoms with E-state index in [2.05, 4.69) is 16.3 Å². The van der Waals surface area contributed by atoms with Gasteiger partial charge in [0, 0.05) is 24.1 Å². The summed E-state index contributed by atoms with van der Waals surface area (Å²) in [5.41, 5.74) is 3.01. The average Bonchev–Trinajstić information content (AvgIpc) is 3.15. The highest BCUT2D eigenvalue weighted by Crippen LogP contribution is 2.31. The van der Waals surface area contributed by atoms with Crippen LogP contribution in [0, 0.1) is 0 Å². The van der Waals surface area contributed by atoms with E-state index < -0.39 is 0 Å². The Labute approximate surface area is 148 Å². The van der Waals surface area contributed by atoms with Gasteiger partial charge in [-0.3, -0.25) is 9.69 Å². The van der Waals surface area contributed by atoms with Crippen molar-refractivity contribution in [1.82, 2.24) is 10.2 Å². The zero-order valence-electron chi connectivity index (χ0n) is 14.4. The highest BCUT2D eigenvalue weighted by molar-refractivity contribution is 5.94. The van der Waals surface area contributed by atoms with Crippen LogP contribution in [0.2, 0.25) is 0 Å². The van der Waals surface area contributed by atoms with Crippen LogP contribution in [0.25, 0.3) is 0 Å². The number of nitrogens with one attached hydrogen (secondary N) is 1. The fourth-order valence-corrected chi connectivity index (χ4v) is 3.74. The number of amides is 1. The summed E-state index contributed by atoms with van der Waals surface area (Å²) in [6.45, 7) is 3.89. The number of carbonyl (C=O) groups is 1. The molecule has 0 radical (unpaired) electrons. The topological polar surface area (TPSA) is 41.6 Å². The van der Waals surface area contributed by atoms with Crippen LogP contribution in [-0.4, -0.2) is 30.5 Å². The molecule has 0 unspecified atom stereocenters. The van der Waals surface area contributed by atoms with Crippen LogP contribution in [0.1, 0.15) is 46.8 Å². The van der Waals surface area contributed by atoms with Crippen LogP contribution in [0.4, 0.5) is 0 Å². The molecule has 1 fully saturated rings. The first-order valence-electron chi connectivity index (χ1n) is 9.13. The number of ether oxygens (including phenoxy) is 1. The van der Waals surface area contributed by atoms with Gasteiger partial charge in [0.1, 0.15) is 5.75 Å². The Balaban J connectivity index is 1.46. The maximum atomic E-state index is 12.7. The number of hydrogen-bond donors (Lipinski definition) is 1. The van der Waals surface area contributed by atoms with E-state index >= 15 is 0 Å². The van der Waals surface area contributed by atoms with Crippen molar-refractivity contribution in [2.75, 3.05) is 19.7 Å². The van der Waals surface area contributed by atoms with Gasteiger partial charge in [-0.05, 0) is 49.7 Å². The van der Waals surface area contributed by atoms with Gasteiger partial charge in [-0.15, -0.1) is 0 Å². The van der Waals surface area contributed by atoms with E-state index in [9.17, 15) is 4.79 Å². The molecule has 4 heteroatoms. The van der Waals surface area contributed by atoms with Gasteiger partial charge in [-0.2, -0.15) is 0 Å². The van der Waals surface area contributed by atoms with Crippen molar-refractivity contribution in [3.05, 3.63) is 65.2 Å². The van der Waals surface area contributed by atoms with Crippen molar-refractivity contribution < 1.29 is 9.53 Å². The molecule has 2 aromatic rings. The third-order valence-electron chi connectivity index (χ3n) is 5.06. The summed E-state index contributed by atoms with van der Waals surface area (Å²) < 4.78 is 5.68. The normalized spacial score (nSPS) is 19.9. The second-order valence-electron chi connectivity index (χ2n) is 6.88. The lowest BCUT2D eigenvalue weighted by Crippen LogP contribution is -2.32. The second kappa shape index (κ2) is 7.28. The van der Waals surface area contributed by atoms with E-state index in [0.717, 1.165) is 42.9 Å². The van der Waals surface area contributed by atoms with Gasteiger partial charge in [0.15, 0.2) is 0 Å². The molecule has 0 aromatic heterocycles. The van der Waals surface area contributed by atoms with Gasteiger partial charge < -0.3 is 10.1 Å². The lowest BCUT2D eigenvalue weighted by molar-refractivity contribution is 0.0924. The number of para-hydroxylation sites is 1. The number of fused-ring (bicyclic) bond motifs is 1. The fraction of sp³-hybridized carbons (Fsp3) is 0.381. The van der Waals surface area contributed by atoms with Crippen LogP contribution in [0.3, 0.4) is 0 Å². The Hall–Kier alpha value is -2.33. The van der Waals surface area contributed by atoms with Crippen molar-refractivity contribution in [3.63, 3.8) is 0 Å². The van der Waals surface area contributed by atoms with Gasteiger partial charge in [0.25, 0.3) is 5.91 Å². The molecule has 2 aliphatic rings. The maximum Gasteiger partial charge on any atom is 0.251 e. The van der Waals surface area contributed by atoms with Crippen molar-refractivity contribution in [2.45, 2.75) is 31.8 Å². The van der Waals surface area contributed by atoms with E-state index in [-0.39, 0.29) is 11.9 Å². The first-order valence-corrected chi connectivity index (χ1v) is 9.13. The van der Waals surface area contributed by atoms with Gasteiger partial charge in [0.05, 0.1) is 12.6 Å². The van der Waals surface area contributed by atoms with Gasteiger partial charge >= 0.3 is 0 Å². The summed E-state index contributed by atoms with van der Waals surface area (Å²) in [5, 5.41) is 3.18. The number of likely N-dealkylation sites (tertiary alicyclic amines) is 1. The quantitative estimate of drug-likeness (QED) is 0.928. The molecule has 4 rings (SSSR count). The van der Waals surface area contributed by atoms with Crippen molar-refractivity contribution in [2.24, 2.45) is 0 Å². The standard InChI is InChI=1S/C21H24N2O2/c24-21(22-19-10-13-25-20-9-2-1-8-18(19)20)17-7-5-6-16(14-17)15-23-11-3-4-12-23/h1-2,5-9,14,19H,3-4,10-13,15H2,(H,22,24)/t19-/m1/s1. The van der Waals surface area contributed by atoms with Crippen molar-refractivity contribution in [3.8, 4) is 5.75 Å². The van der Waals surface area contributed by atoms with Crippen LogP contribution >= 0.6 is 0 Å². The highest BCUT2D eigenvalue weighted by atomic mass is 16.5. The van der Waals surface area contributed by atoms with Gasteiger partial charge in [0.2, 0.25) is 0 Å². The molecule has 2 aromatic carbocycles.